The number of rotatable bonds is 4. The van der Waals surface area contributed by atoms with E-state index in [0.29, 0.717) is 18.4 Å². The quantitative estimate of drug-likeness (QED) is 0.907. The van der Waals surface area contributed by atoms with Gasteiger partial charge in [0.25, 0.3) is 0 Å². The fourth-order valence-corrected chi connectivity index (χ4v) is 4.39. The van der Waals surface area contributed by atoms with Gasteiger partial charge in [-0.2, -0.15) is 0 Å². The lowest BCUT2D eigenvalue weighted by Gasteiger charge is -2.46. The number of piperidine rings is 2. The second-order valence-electron chi connectivity index (χ2n) is 7.53. The third-order valence-corrected chi connectivity index (χ3v) is 6.04. The van der Waals surface area contributed by atoms with Crippen molar-refractivity contribution in [3.8, 4) is 0 Å². The van der Waals surface area contributed by atoms with Crippen LogP contribution >= 0.6 is 11.6 Å². The van der Waals surface area contributed by atoms with Crippen LogP contribution in [0.5, 0.6) is 0 Å². The summed E-state index contributed by atoms with van der Waals surface area (Å²) in [5.41, 5.74) is 1.41. The van der Waals surface area contributed by atoms with Gasteiger partial charge in [-0.1, -0.05) is 29.8 Å². The predicted molar refractivity (Wildman–Crippen MR) is 98.2 cm³/mol. The summed E-state index contributed by atoms with van der Waals surface area (Å²) >= 11 is 6.42. The highest BCUT2D eigenvalue weighted by atomic mass is 35.5. The fraction of sp³-hybridized carbons (Fsp3) is 0.632. The molecule has 0 unspecified atom stereocenters. The summed E-state index contributed by atoms with van der Waals surface area (Å²) in [6, 6.07) is 8.10. The van der Waals surface area contributed by atoms with Crippen molar-refractivity contribution in [1.29, 1.82) is 0 Å². The summed E-state index contributed by atoms with van der Waals surface area (Å²) in [4.78, 5) is 16.8. The Morgan fingerprint density at radius 2 is 1.96 bits per heavy atom. The van der Waals surface area contributed by atoms with Crippen LogP contribution < -0.4 is 5.32 Å². The van der Waals surface area contributed by atoms with E-state index in [1.54, 1.807) is 0 Å². The number of hydrogen-bond donors (Lipinski definition) is 1. The Morgan fingerprint density at radius 1 is 1.25 bits per heavy atom. The minimum absolute atomic E-state index is 0.125. The molecule has 3 rings (SSSR count). The van der Waals surface area contributed by atoms with E-state index in [1.165, 1.54) is 12.8 Å². The summed E-state index contributed by atoms with van der Waals surface area (Å²) in [6.07, 6.45) is 4.08. The molecule has 1 aromatic rings. The van der Waals surface area contributed by atoms with Gasteiger partial charge in [0.15, 0.2) is 0 Å². The number of amides is 1. The number of halogens is 1. The summed E-state index contributed by atoms with van der Waals surface area (Å²) in [7, 11) is 4.12. The Kier molecular flexibility index (Phi) is 5.48. The number of carbonyl (C=O) groups is 1. The van der Waals surface area contributed by atoms with Crippen LogP contribution in [0.4, 0.5) is 0 Å². The molecule has 2 aliphatic rings. The van der Waals surface area contributed by atoms with Crippen molar-refractivity contribution in [3.05, 3.63) is 34.9 Å². The van der Waals surface area contributed by atoms with Crippen molar-refractivity contribution in [3.63, 3.8) is 0 Å². The Bertz CT molecular complexity index is 584. The molecule has 4 nitrogen and oxygen atoms in total. The lowest BCUT2D eigenvalue weighted by Crippen LogP contribution is -2.52. The Hall–Kier alpha value is -1.10. The van der Waals surface area contributed by atoms with Gasteiger partial charge >= 0.3 is 0 Å². The summed E-state index contributed by atoms with van der Waals surface area (Å²) in [5, 5.41) is 4.22. The number of hydrogen-bond acceptors (Lipinski definition) is 3. The van der Waals surface area contributed by atoms with Gasteiger partial charge in [0.05, 0.1) is 6.04 Å². The topological polar surface area (TPSA) is 35.6 Å². The largest absolute Gasteiger partial charge is 0.340 e. The molecule has 24 heavy (non-hydrogen) atoms. The first-order chi connectivity index (χ1) is 11.5. The number of likely N-dealkylation sites (N-methyl/N-ethyl adjacent to an activating group) is 1. The molecule has 2 saturated heterocycles. The van der Waals surface area contributed by atoms with E-state index in [4.69, 9.17) is 11.6 Å². The van der Waals surface area contributed by atoms with Crippen molar-refractivity contribution in [1.82, 2.24) is 15.1 Å². The van der Waals surface area contributed by atoms with Crippen LogP contribution in [0.15, 0.2) is 24.3 Å². The zero-order valence-electron chi connectivity index (χ0n) is 14.7. The molecule has 1 atom stereocenters. The molecule has 0 saturated carbocycles. The maximum Gasteiger partial charge on any atom is 0.222 e. The van der Waals surface area contributed by atoms with Crippen LogP contribution in [-0.2, 0) is 4.79 Å². The van der Waals surface area contributed by atoms with Crippen molar-refractivity contribution in [2.24, 2.45) is 5.41 Å². The maximum atomic E-state index is 12.6. The van der Waals surface area contributed by atoms with Crippen molar-refractivity contribution >= 4 is 17.5 Å². The number of benzene rings is 1. The van der Waals surface area contributed by atoms with Crippen LogP contribution in [0.2, 0.25) is 5.02 Å². The van der Waals surface area contributed by atoms with Gasteiger partial charge in [-0.05, 0) is 63.5 Å². The standard InChI is InChI=1S/C19H28ClN3O/c1-22(2)17(15-5-3-4-6-16(15)20)13-23-14-19(8-7-18(23)24)9-11-21-12-10-19/h3-6,17,21H,7-14H2,1-2H3/t17-/m1/s1. The Morgan fingerprint density at radius 3 is 2.62 bits per heavy atom. The first-order valence-electron chi connectivity index (χ1n) is 8.90. The third kappa shape index (κ3) is 3.76. The zero-order chi connectivity index (χ0) is 17.2. The molecule has 0 bridgehead atoms. The number of nitrogens with zero attached hydrogens (tertiary/aromatic N) is 2. The van der Waals surface area contributed by atoms with Crippen LogP contribution in [-0.4, -0.2) is 56.0 Å². The SMILES string of the molecule is CN(C)[C@H](CN1CC2(CCNCC2)CCC1=O)c1ccccc1Cl. The minimum Gasteiger partial charge on any atom is -0.340 e. The van der Waals surface area contributed by atoms with Crippen LogP contribution in [0.3, 0.4) is 0 Å². The normalized spacial score (nSPS) is 22.2. The molecule has 1 amide bonds. The van der Waals surface area contributed by atoms with Gasteiger partial charge in [0.1, 0.15) is 0 Å². The molecule has 1 aromatic carbocycles. The molecule has 1 N–H and O–H groups in total. The molecular weight excluding hydrogens is 322 g/mol. The van der Waals surface area contributed by atoms with Crippen LogP contribution in [0, 0.1) is 5.41 Å². The average Bonchev–Trinajstić information content (AvgIpc) is 2.57. The Labute approximate surface area is 150 Å². The highest BCUT2D eigenvalue weighted by Crippen LogP contribution is 2.39. The lowest BCUT2D eigenvalue weighted by molar-refractivity contribution is -0.139. The molecular formula is C19H28ClN3O. The number of nitrogens with one attached hydrogen (secondary N) is 1. The average molecular weight is 350 g/mol. The first-order valence-corrected chi connectivity index (χ1v) is 9.28. The summed E-state index contributed by atoms with van der Waals surface area (Å²) in [5.74, 6) is 0.290. The molecule has 0 aromatic heterocycles. The molecule has 2 heterocycles. The number of likely N-dealkylation sites (tertiary alicyclic amines) is 1. The second kappa shape index (κ2) is 7.42. The van der Waals surface area contributed by atoms with Gasteiger partial charge in [-0.3, -0.25) is 4.79 Å². The van der Waals surface area contributed by atoms with Crippen molar-refractivity contribution < 1.29 is 4.79 Å². The molecule has 132 valence electrons. The maximum absolute atomic E-state index is 12.6. The summed E-state index contributed by atoms with van der Waals surface area (Å²) < 4.78 is 0. The van der Waals surface area contributed by atoms with Crippen molar-refractivity contribution in [2.75, 3.05) is 40.3 Å². The highest BCUT2D eigenvalue weighted by molar-refractivity contribution is 6.31. The molecule has 5 heteroatoms. The van der Waals surface area contributed by atoms with Gasteiger partial charge in [-0.25, -0.2) is 0 Å². The van der Waals surface area contributed by atoms with E-state index in [1.807, 2.05) is 18.2 Å². The number of carbonyl (C=O) groups excluding carboxylic acids is 1. The fourth-order valence-electron chi connectivity index (χ4n) is 4.13. The molecule has 1 spiro atoms. The zero-order valence-corrected chi connectivity index (χ0v) is 15.5. The highest BCUT2D eigenvalue weighted by Gasteiger charge is 2.40. The van der Waals surface area contributed by atoms with Crippen LogP contribution in [0.25, 0.3) is 0 Å². The molecule has 2 aliphatic heterocycles. The van der Waals surface area contributed by atoms with E-state index < -0.39 is 0 Å². The van der Waals surface area contributed by atoms with E-state index in [0.717, 1.165) is 36.6 Å². The van der Waals surface area contributed by atoms with Gasteiger partial charge < -0.3 is 15.1 Å². The monoisotopic (exact) mass is 349 g/mol. The molecule has 0 aliphatic carbocycles. The molecule has 0 radical (unpaired) electrons. The smallest absolute Gasteiger partial charge is 0.222 e. The van der Waals surface area contributed by atoms with Gasteiger partial charge in [0, 0.05) is 24.5 Å². The summed E-state index contributed by atoms with van der Waals surface area (Å²) in [6.45, 7) is 3.75. The second-order valence-corrected chi connectivity index (χ2v) is 7.93. The lowest BCUT2D eigenvalue weighted by atomic mass is 9.72. The van der Waals surface area contributed by atoms with Gasteiger partial charge in [0.2, 0.25) is 5.91 Å². The first kappa shape index (κ1) is 17.7. The Balaban J connectivity index is 1.78. The van der Waals surface area contributed by atoms with E-state index in [-0.39, 0.29) is 11.9 Å². The third-order valence-electron chi connectivity index (χ3n) is 5.69. The van der Waals surface area contributed by atoms with E-state index >= 15 is 0 Å². The minimum atomic E-state index is 0.125. The van der Waals surface area contributed by atoms with E-state index in [9.17, 15) is 4.79 Å². The molecule has 2 fully saturated rings. The van der Waals surface area contributed by atoms with Gasteiger partial charge in [-0.15, -0.1) is 0 Å². The van der Waals surface area contributed by atoms with E-state index in [2.05, 4.69) is 35.3 Å². The van der Waals surface area contributed by atoms with Crippen molar-refractivity contribution in [2.45, 2.75) is 31.7 Å². The van der Waals surface area contributed by atoms with Crippen LogP contribution in [0.1, 0.15) is 37.3 Å². The predicted octanol–water partition coefficient (Wildman–Crippen LogP) is 2.93.